The van der Waals surface area contributed by atoms with Crippen molar-refractivity contribution in [1.82, 2.24) is 4.98 Å². The van der Waals surface area contributed by atoms with E-state index in [-0.39, 0.29) is 10.6 Å². The molecule has 0 unspecified atom stereocenters. The Morgan fingerprint density at radius 2 is 2.11 bits per heavy atom. The third kappa shape index (κ3) is 3.43. The molecule has 1 aromatic carbocycles. The van der Waals surface area contributed by atoms with Crippen molar-refractivity contribution in [1.29, 1.82) is 0 Å². The summed E-state index contributed by atoms with van der Waals surface area (Å²) in [5, 5.41) is 16.2. The molecule has 0 fully saturated rings. The molecule has 98 valence electrons. The molecule has 0 bridgehead atoms. The summed E-state index contributed by atoms with van der Waals surface area (Å²) in [6.45, 7) is 0. The standard InChI is InChI=1S/C11H8ClN3O3S/c12-8-2-1-6(5-7(8)9(16)17)14-10(18)15-11-13-3-4-19-11/h1-5H,(H,16,17)(H2,13,14,15,18). The molecule has 8 heteroatoms. The first-order valence-electron chi connectivity index (χ1n) is 5.06. The zero-order chi connectivity index (χ0) is 13.8. The van der Waals surface area contributed by atoms with Gasteiger partial charge in [0.25, 0.3) is 0 Å². The minimum Gasteiger partial charge on any atom is -0.478 e. The quantitative estimate of drug-likeness (QED) is 0.811. The van der Waals surface area contributed by atoms with Gasteiger partial charge in [0.05, 0.1) is 10.6 Å². The number of halogens is 1. The highest BCUT2D eigenvalue weighted by Gasteiger charge is 2.11. The lowest BCUT2D eigenvalue weighted by molar-refractivity contribution is 0.0697. The third-order valence-electron chi connectivity index (χ3n) is 2.11. The number of nitrogens with zero attached hydrogens (tertiary/aromatic N) is 1. The van der Waals surface area contributed by atoms with Crippen molar-refractivity contribution in [2.45, 2.75) is 0 Å². The molecule has 19 heavy (non-hydrogen) atoms. The van der Waals surface area contributed by atoms with Crippen LogP contribution in [0.3, 0.4) is 0 Å². The number of carboxylic acids is 1. The van der Waals surface area contributed by atoms with Gasteiger partial charge in [-0.15, -0.1) is 11.3 Å². The number of carboxylic acid groups (broad SMARTS) is 1. The molecule has 0 aliphatic carbocycles. The summed E-state index contributed by atoms with van der Waals surface area (Å²) in [4.78, 5) is 26.4. The van der Waals surface area contributed by atoms with Crippen LogP contribution in [0.1, 0.15) is 10.4 Å². The maximum absolute atomic E-state index is 11.6. The van der Waals surface area contributed by atoms with E-state index in [1.54, 1.807) is 11.6 Å². The predicted molar refractivity (Wildman–Crippen MR) is 73.2 cm³/mol. The van der Waals surface area contributed by atoms with E-state index in [0.29, 0.717) is 10.8 Å². The summed E-state index contributed by atoms with van der Waals surface area (Å²) in [5.41, 5.74) is 0.254. The van der Waals surface area contributed by atoms with Crippen LogP contribution in [0.4, 0.5) is 15.6 Å². The smallest absolute Gasteiger partial charge is 0.337 e. The van der Waals surface area contributed by atoms with Crippen LogP contribution in [0.15, 0.2) is 29.8 Å². The molecule has 0 saturated heterocycles. The van der Waals surface area contributed by atoms with Crippen LogP contribution in [0.2, 0.25) is 5.02 Å². The van der Waals surface area contributed by atoms with E-state index >= 15 is 0 Å². The van der Waals surface area contributed by atoms with Gasteiger partial charge < -0.3 is 10.4 Å². The number of aromatic carboxylic acids is 1. The molecular formula is C11H8ClN3O3S. The van der Waals surface area contributed by atoms with Crippen molar-refractivity contribution in [3.63, 3.8) is 0 Å². The molecule has 3 N–H and O–H groups in total. The number of hydrogen-bond acceptors (Lipinski definition) is 4. The average Bonchev–Trinajstić information content (AvgIpc) is 2.84. The van der Waals surface area contributed by atoms with E-state index in [1.807, 2.05) is 0 Å². The van der Waals surface area contributed by atoms with Crippen LogP contribution in [0.5, 0.6) is 0 Å². The fraction of sp³-hybridized carbons (Fsp3) is 0. The maximum atomic E-state index is 11.6. The Balaban J connectivity index is 2.09. The van der Waals surface area contributed by atoms with Crippen LogP contribution in [0, 0.1) is 0 Å². The van der Waals surface area contributed by atoms with Gasteiger partial charge in [0.15, 0.2) is 5.13 Å². The molecule has 2 rings (SSSR count). The van der Waals surface area contributed by atoms with Crippen molar-refractivity contribution in [2.24, 2.45) is 0 Å². The minimum atomic E-state index is -1.16. The zero-order valence-electron chi connectivity index (χ0n) is 9.38. The topological polar surface area (TPSA) is 91.3 Å². The van der Waals surface area contributed by atoms with Gasteiger partial charge in [0.1, 0.15) is 0 Å². The number of aromatic nitrogens is 1. The van der Waals surface area contributed by atoms with Gasteiger partial charge in [-0.25, -0.2) is 14.6 Å². The number of nitrogens with one attached hydrogen (secondary N) is 2. The molecule has 0 atom stereocenters. The molecule has 0 aliphatic rings. The van der Waals surface area contributed by atoms with Crippen LogP contribution in [-0.4, -0.2) is 22.1 Å². The number of thiazole rings is 1. The van der Waals surface area contributed by atoms with E-state index in [2.05, 4.69) is 15.6 Å². The number of carbonyl (C=O) groups excluding carboxylic acids is 1. The lowest BCUT2D eigenvalue weighted by Crippen LogP contribution is -2.19. The average molecular weight is 298 g/mol. The minimum absolute atomic E-state index is 0.0753. The monoisotopic (exact) mass is 297 g/mol. The molecule has 2 amide bonds. The van der Waals surface area contributed by atoms with E-state index in [4.69, 9.17) is 16.7 Å². The van der Waals surface area contributed by atoms with Gasteiger partial charge in [-0.3, -0.25) is 5.32 Å². The second-order valence-electron chi connectivity index (χ2n) is 3.42. The fourth-order valence-electron chi connectivity index (χ4n) is 1.31. The lowest BCUT2D eigenvalue weighted by atomic mass is 10.2. The molecule has 6 nitrogen and oxygen atoms in total. The van der Waals surface area contributed by atoms with Crippen molar-refractivity contribution >= 4 is 45.8 Å². The Kier molecular flexibility index (Phi) is 3.98. The van der Waals surface area contributed by atoms with Gasteiger partial charge in [-0.05, 0) is 18.2 Å². The predicted octanol–water partition coefficient (Wildman–Crippen LogP) is 3.14. The largest absolute Gasteiger partial charge is 0.478 e. The highest BCUT2D eigenvalue weighted by molar-refractivity contribution is 7.13. The Labute approximate surface area is 117 Å². The van der Waals surface area contributed by atoms with E-state index < -0.39 is 12.0 Å². The first-order valence-corrected chi connectivity index (χ1v) is 6.32. The first kappa shape index (κ1) is 13.3. The van der Waals surface area contributed by atoms with Crippen molar-refractivity contribution in [3.8, 4) is 0 Å². The van der Waals surface area contributed by atoms with Gasteiger partial charge in [0.2, 0.25) is 0 Å². The summed E-state index contributed by atoms with van der Waals surface area (Å²) in [5.74, 6) is -1.16. The highest BCUT2D eigenvalue weighted by Crippen LogP contribution is 2.21. The maximum Gasteiger partial charge on any atom is 0.337 e. The molecule has 0 saturated carbocycles. The van der Waals surface area contributed by atoms with Crippen LogP contribution in [-0.2, 0) is 0 Å². The molecule has 2 aromatic rings. The van der Waals surface area contributed by atoms with Crippen LogP contribution >= 0.6 is 22.9 Å². The SMILES string of the molecule is O=C(Nc1ccc(Cl)c(C(=O)O)c1)Nc1nccs1. The summed E-state index contributed by atoms with van der Waals surface area (Å²) in [6.07, 6.45) is 1.56. The van der Waals surface area contributed by atoms with Gasteiger partial charge in [-0.2, -0.15) is 0 Å². The summed E-state index contributed by atoms with van der Waals surface area (Å²) < 4.78 is 0. The normalized spacial score (nSPS) is 9.95. The number of amides is 2. The second kappa shape index (κ2) is 5.68. The Bertz CT molecular complexity index is 616. The Morgan fingerprint density at radius 1 is 1.32 bits per heavy atom. The number of anilines is 2. The van der Waals surface area contributed by atoms with Crippen molar-refractivity contribution in [3.05, 3.63) is 40.4 Å². The molecular weight excluding hydrogens is 290 g/mol. The summed E-state index contributed by atoms with van der Waals surface area (Å²) in [6, 6.07) is 3.69. The highest BCUT2D eigenvalue weighted by atomic mass is 35.5. The number of benzene rings is 1. The fourth-order valence-corrected chi connectivity index (χ4v) is 2.03. The molecule has 1 aromatic heterocycles. The zero-order valence-corrected chi connectivity index (χ0v) is 11.0. The third-order valence-corrected chi connectivity index (χ3v) is 3.13. The van der Waals surface area contributed by atoms with E-state index in [1.165, 1.54) is 29.5 Å². The number of rotatable bonds is 3. The number of hydrogen-bond donors (Lipinski definition) is 3. The summed E-state index contributed by atoms with van der Waals surface area (Å²) in [7, 11) is 0. The Morgan fingerprint density at radius 3 is 2.74 bits per heavy atom. The Hall–Kier alpha value is -2.12. The first-order chi connectivity index (χ1) is 9.06. The van der Waals surface area contributed by atoms with Crippen LogP contribution in [0.25, 0.3) is 0 Å². The van der Waals surface area contributed by atoms with Crippen LogP contribution < -0.4 is 10.6 Å². The van der Waals surface area contributed by atoms with Gasteiger partial charge >= 0.3 is 12.0 Å². The van der Waals surface area contributed by atoms with Crippen molar-refractivity contribution < 1.29 is 14.7 Å². The molecule has 0 aliphatic heterocycles. The lowest BCUT2D eigenvalue weighted by Gasteiger charge is -2.07. The van der Waals surface area contributed by atoms with Crippen molar-refractivity contribution in [2.75, 3.05) is 10.6 Å². The molecule has 0 radical (unpaired) electrons. The second-order valence-corrected chi connectivity index (χ2v) is 4.72. The molecule has 0 spiro atoms. The molecule has 1 heterocycles. The van der Waals surface area contributed by atoms with E-state index in [0.717, 1.165) is 0 Å². The number of carbonyl (C=O) groups is 2. The van der Waals surface area contributed by atoms with Gasteiger partial charge in [-0.1, -0.05) is 11.6 Å². The van der Waals surface area contributed by atoms with Gasteiger partial charge in [0, 0.05) is 17.3 Å². The summed E-state index contributed by atoms with van der Waals surface area (Å²) >= 11 is 7.00. The number of urea groups is 1. The van der Waals surface area contributed by atoms with E-state index in [9.17, 15) is 9.59 Å².